The van der Waals surface area contributed by atoms with Gasteiger partial charge in [-0.15, -0.1) is 0 Å². The van der Waals surface area contributed by atoms with E-state index in [9.17, 15) is 9.18 Å². The van der Waals surface area contributed by atoms with Crippen LogP contribution in [-0.2, 0) is 11.2 Å². The lowest BCUT2D eigenvalue weighted by Gasteiger charge is -2.08. The first kappa shape index (κ1) is 14.5. The quantitative estimate of drug-likeness (QED) is 0.833. The van der Waals surface area contributed by atoms with Crippen LogP contribution in [0.5, 0.6) is 5.75 Å². The normalized spacial score (nSPS) is 10.3. The smallest absolute Gasteiger partial charge is 0.174 e. The van der Waals surface area contributed by atoms with Gasteiger partial charge >= 0.3 is 0 Å². The monoisotopic (exact) mass is 292 g/mol. The van der Waals surface area contributed by atoms with Gasteiger partial charge in [0.05, 0.1) is 0 Å². The summed E-state index contributed by atoms with van der Waals surface area (Å²) in [6.45, 7) is 1.85. The van der Waals surface area contributed by atoms with Gasteiger partial charge in [-0.05, 0) is 48.4 Å². The average Bonchev–Trinajstić information content (AvgIpc) is 2.40. The molecule has 0 unspecified atom stereocenters. The highest BCUT2D eigenvalue weighted by Crippen LogP contribution is 2.21. The number of Topliss-reactive ketones (excluding diaryl/α,β-unsaturated/α-hetero) is 1. The number of halogens is 2. The van der Waals surface area contributed by atoms with Crippen LogP contribution in [0.2, 0.25) is 5.02 Å². The zero-order valence-electron chi connectivity index (χ0n) is 11.0. The fourth-order valence-corrected chi connectivity index (χ4v) is 2.04. The zero-order chi connectivity index (χ0) is 14.5. The molecule has 0 aliphatic carbocycles. The van der Waals surface area contributed by atoms with E-state index in [-0.39, 0.29) is 24.6 Å². The van der Waals surface area contributed by atoms with Crippen molar-refractivity contribution in [1.29, 1.82) is 0 Å². The lowest BCUT2D eigenvalue weighted by molar-refractivity contribution is -0.120. The minimum absolute atomic E-state index is 0.0140. The van der Waals surface area contributed by atoms with E-state index < -0.39 is 0 Å². The molecule has 0 atom stereocenters. The van der Waals surface area contributed by atoms with Crippen LogP contribution >= 0.6 is 11.6 Å². The number of aryl methyl sites for hydroxylation is 1. The van der Waals surface area contributed by atoms with Crippen molar-refractivity contribution in [2.45, 2.75) is 13.3 Å². The van der Waals surface area contributed by atoms with Crippen molar-refractivity contribution < 1.29 is 13.9 Å². The molecular formula is C16H14ClFO2. The number of hydrogen-bond acceptors (Lipinski definition) is 2. The van der Waals surface area contributed by atoms with E-state index in [0.717, 1.165) is 11.1 Å². The fraction of sp³-hybridized carbons (Fsp3) is 0.188. The number of benzene rings is 2. The van der Waals surface area contributed by atoms with Crippen LogP contribution in [0.3, 0.4) is 0 Å². The second-order valence-electron chi connectivity index (χ2n) is 4.54. The van der Waals surface area contributed by atoms with Gasteiger partial charge in [0.25, 0.3) is 0 Å². The van der Waals surface area contributed by atoms with Crippen LogP contribution in [0, 0.1) is 12.7 Å². The predicted octanol–water partition coefficient (Wildman–Crippen LogP) is 3.98. The Morgan fingerprint density at radius 2 is 1.90 bits per heavy atom. The Hall–Kier alpha value is -1.87. The average molecular weight is 293 g/mol. The summed E-state index contributed by atoms with van der Waals surface area (Å²) in [6.07, 6.45) is 0.229. The molecular weight excluding hydrogens is 279 g/mol. The molecule has 104 valence electrons. The van der Waals surface area contributed by atoms with Crippen molar-refractivity contribution in [1.82, 2.24) is 0 Å². The maximum absolute atomic E-state index is 12.8. The Balaban J connectivity index is 1.90. The van der Waals surface area contributed by atoms with Gasteiger partial charge in [0.2, 0.25) is 0 Å². The minimum atomic E-state index is -0.311. The van der Waals surface area contributed by atoms with Crippen molar-refractivity contribution in [3.8, 4) is 5.75 Å². The number of carbonyl (C=O) groups excluding carboxylic acids is 1. The maximum atomic E-state index is 12.8. The molecule has 0 radical (unpaired) electrons. The molecule has 0 spiro atoms. The molecule has 2 nitrogen and oxygen atoms in total. The summed E-state index contributed by atoms with van der Waals surface area (Å²) in [7, 11) is 0. The van der Waals surface area contributed by atoms with E-state index >= 15 is 0 Å². The molecule has 0 saturated carbocycles. The first-order chi connectivity index (χ1) is 9.54. The molecule has 0 bridgehead atoms. The van der Waals surface area contributed by atoms with Gasteiger partial charge in [-0.1, -0.05) is 23.7 Å². The Kier molecular flexibility index (Phi) is 4.74. The fourth-order valence-electron chi connectivity index (χ4n) is 1.81. The van der Waals surface area contributed by atoms with Crippen LogP contribution in [0.1, 0.15) is 11.1 Å². The summed E-state index contributed by atoms with van der Waals surface area (Å²) >= 11 is 5.85. The maximum Gasteiger partial charge on any atom is 0.174 e. The molecule has 0 aliphatic heterocycles. The van der Waals surface area contributed by atoms with E-state index in [1.165, 1.54) is 12.1 Å². The Morgan fingerprint density at radius 1 is 1.20 bits per heavy atom. The highest BCUT2D eigenvalue weighted by molar-refractivity contribution is 6.30. The van der Waals surface area contributed by atoms with E-state index in [0.29, 0.717) is 10.8 Å². The van der Waals surface area contributed by atoms with Gasteiger partial charge in [0.1, 0.15) is 18.2 Å². The van der Waals surface area contributed by atoms with Crippen LogP contribution in [0.4, 0.5) is 4.39 Å². The van der Waals surface area contributed by atoms with Crippen LogP contribution in [0.25, 0.3) is 0 Å². The first-order valence-electron chi connectivity index (χ1n) is 6.19. The topological polar surface area (TPSA) is 26.3 Å². The molecule has 0 N–H and O–H groups in total. The lowest BCUT2D eigenvalue weighted by Crippen LogP contribution is -2.14. The molecule has 0 aromatic heterocycles. The summed E-state index contributed by atoms with van der Waals surface area (Å²) < 4.78 is 18.2. The van der Waals surface area contributed by atoms with E-state index in [2.05, 4.69) is 0 Å². The Bertz CT molecular complexity index is 608. The van der Waals surface area contributed by atoms with Crippen molar-refractivity contribution >= 4 is 17.4 Å². The molecule has 0 heterocycles. The second kappa shape index (κ2) is 6.53. The van der Waals surface area contributed by atoms with Crippen molar-refractivity contribution in [2.75, 3.05) is 6.61 Å². The summed E-state index contributed by atoms with van der Waals surface area (Å²) in [5, 5.41) is 0.632. The van der Waals surface area contributed by atoms with Gasteiger partial charge in [0.15, 0.2) is 5.78 Å². The van der Waals surface area contributed by atoms with Gasteiger partial charge in [-0.25, -0.2) is 4.39 Å². The summed E-state index contributed by atoms with van der Waals surface area (Å²) in [4.78, 5) is 11.8. The molecule has 0 amide bonds. The summed E-state index contributed by atoms with van der Waals surface area (Å²) in [6, 6.07) is 11.1. The third-order valence-electron chi connectivity index (χ3n) is 2.84. The highest BCUT2D eigenvalue weighted by atomic mass is 35.5. The highest BCUT2D eigenvalue weighted by Gasteiger charge is 2.07. The number of rotatable bonds is 5. The van der Waals surface area contributed by atoms with Gasteiger partial charge < -0.3 is 4.74 Å². The van der Waals surface area contributed by atoms with Crippen LogP contribution < -0.4 is 4.74 Å². The summed E-state index contributed by atoms with van der Waals surface area (Å²) in [5.41, 5.74) is 1.65. The number of ketones is 1. The molecule has 4 heteroatoms. The zero-order valence-corrected chi connectivity index (χ0v) is 11.8. The molecule has 2 aromatic rings. The SMILES string of the molecule is Cc1cc(Cl)ccc1OCC(=O)Cc1ccc(F)cc1. The molecule has 0 fully saturated rings. The Morgan fingerprint density at radius 3 is 2.55 bits per heavy atom. The lowest BCUT2D eigenvalue weighted by atomic mass is 10.1. The first-order valence-corrected chi connectivity index (χ1v) is 6.57. The Labute approximate surface area is 122 Å². The van der Waals surface area contributed by atoms with Crippen molar-refractivity contribution in [2.24, 2.45) is 0 Å². The standard InChI is InChI=1S/C16H14ClFO2/c1-11-8-13(17)4-7-16(11)20-10-15(19)9-12-2-5-14(18)6-3-12/h2-8H,9-10H2,1H3. The largest absolute Gasteiger partial charge is 0.486 e. The third-order valence-corrected chi connectivity index (χ3v) is 3.08. The van der Waals surface area contributed by atoms with E-state index in [1.54, 1.807) is 30.3 Å². The third kappa shape index (κ3) is 4.07. The minimum Gasteiger partial charge on any atom is -0.486 e. The molecule has 2 rings (SSSR count). The van der Waals surface area contributed by atoms with Crippen molar-refractivity contribution in [3.63, 3.8) is 0 Å². The predicted molar refractivity (Wildman–Crippen MR) is 76.8 cm³/mol. The molecule has 0 saturated heterocycles. The van der Waals surface area contributed by atoms with Gasteiger partial charge in [0, 0.05) is 11.4 Å². The number of ether oxygens (including phenoxy) is 1. The van der Waals surface area contributed by atoms with E-state index in [4.69, 9.17) is 16.3 Å². The second-order valence-corrected chi connectivity index (χ2v) is 4.98. The molecule has 0 aliphatic rings. The van der Waals surface area contributed by atoms with Gasteiger partial charge in [-0.3, -0.25) is 4.79 Å². The van der Waals surface area contributed by atoms with E-state index in [1.807, 2.05) is 6.92 Å². The van der Waals surface area contributed by atoms with Crippen molar-refractivity contribution in [3.05, 3.63) is 64.4 Å². The molecule has 2 aromatic carbocycles. The van der Waals surface area contributed by atoms with Crippen LogP contribution in [0.15, 0.2) is 42.5 Å². The van der Waals surface area contributed by atoms with Crippen LogP contribution in [-0.4, -0.2) is 12.4 Å². The van der Waals surface area contributed by atoms with Gasteiger partial charge in [-0.2, -0.15) is 0 Å². The summed E-state index contributed by atoms with van der Waals surface area (Å²) in [5.74, 6) is 0.266. The number of carbonyl (C=O) groups is 1. The number of hydrogen-bond donors (Lipinski definition) is 0. The molecule has 20 heavy (non-hydrogen) atoms.